The fourth-order valence-electron chi connectivity index (χ4n) is 4.15. The van der Waals surface area contributed by atoms with Gasteiger partial charge in [0.15, 0.2) is 0 Å². The normalized spacial score (nSPS) is 17.1. The molecule has 2 aliphatic heterocycles. The van der Waals surface area contributed by atoms with Gasteiger partial charge in [-0.2, -0.15) is 0 Å². The van der Waals surface area contributed by atoms with Crippen molar-refractivity contribution in [3.05, 3.63) is 76.0 Å². The zero-order valence-electron chi connectivity index (χ0n) is 18.5. The minimum Gasteiger partial charge on any atom is -0.379 e. The number of hydrogen-bond donors (Lipinski definition) is 0. The molecule has 0 aliphatic carbocycles. The van der Waals surface area contributed by atoms with Crippen LogP contribution in [0.2, 0.25) is 0 Å². The molecule has 0 unspecified atom stereocenters. The van der Waals surface area contributed by atoms with Crippen molar-refractivity contribution in [1.82, 2.24) is 9.80 Å². The summed E-state index contributed by atoms with van der Waals surface area (Å²) in [5, 5.41) is 11.1. The highest BCUT2D eigenvalue weighted by molar-refractivity contribution is 6.36. The van der Waals surface area contributed by atoms with Gasteiger partial charge in [0.1, 0.15) is 5.70 Å². The Bertz CT molecular complexity index is 1060. The molecule has 0 spiro atoms. The number of nitro benzene ring substituents is 1. The van der Waals surface area contributed by atoms with Crippen LogP contribution in [0.4, 0.5) is 11.4 Å². The highest BCUT2D eigenvalue weighted by Gasteiger charge is 2.41. The number of ether oxygens (including phenoxy) is 1. The number of carbonyl (C=O) groups excluding carboxylic acids is 2. The van der Waals surface area contributed by atoms with Crippen molar-refractivity contribution in [1.29, 1.82) is 0 Å². The van der Waals surface area contributed by atoms with E-state index in [1.54, 1.807) is 11.9 Å². The van der Waals surface area contributed by atoms with Crippen LogP contribution in [-0.4, -0.2) is 73.0 Å². The Kier molecular flexibility index (Phi) is 6.81. The van der Waals surface area contributed by atoms with Crippen molar-refractivity contribution in [3.8, 4) is 0 Å². The van der Waals surface area contributed by atoms with Gasteiger partial charge in [-0.15, -0.1) is 0 Å². The van der Waals surface area contributed by atoms with Gasteiger partial charge < -0.3 is 9.64 Å². The summed E-state index contributed by atoms with van der Waals surface area (Å²) in [6, 6.07) is 15.1. The SMILES string of the molecule is CN(C1=C(c2ccc([N+](=O)[O-])cc2)C(=O)N(CCCN2CCOCC2)C1=O)c1ccccc1. The summed E-state index contributed by atoms with van der Waals surface area (Å²) in [6.07, 6.45) is 0.660. The van der Waals surface area contributed by atoms with E-state index in [4.69, 9.17) is 4.74 Å². The first-order valence-corrected chi connectivity index (χ1v) is 10.9. The molecule has 2 aliphatic rings. The minimum absolute atomic E-state index is 0.0727. The number of para-hydroxylation sites is 1. The van der Waals surface area contributed by atoms with E-state index in [-0.39, 0.29) is 28.8 Å². The van der Waals surface area contributed by atoms with Gasteiger partial charge in [0, 0.05) is 51.0 Å². The number of hydrogen-bond acceptors (Lipinski definition) is 7. The van der Waals surface area contributed by atoms with E-state index in [1.807, 2.05) is 30.3 Å². The van der Waals surface area contributed by atoms with Gasteiger partial charge in [-0.05, 0) is 36.2 Å². The first-order chi connectivity index (χ1) is 16.0. The highest BCUT2D eigenvalue weighted by atomic mass is 16.6. The summed E-state index contributed by atoms with van der Waals surface area (Å²) in [6.45, 7) is 4.15. The number of benzene rings is 2. The van der Waals surface area contributed by atoms with E-state index in [0.29, 0.717) is 31.7 Å². The number of imide groups is 1. The zero-order chi connectivity index (χ0) is 23.4. The molecule has 2 heterocycles. The van der Waals surface area contributed by atoms with Crippen molar-refractivity contribution in [2.75, 3.05) is 51.3 Å². The number of nitro groups is 1. The van der Waals surface area contributed by atoms with Gasteiger partial charge in [-0.3, -0.25) is 29.5 Å². The van der Waals surface area contributed by atoms with Crippen molar-refractivity contribution in [2.24, 2.45) is 0 Å². The fourth-order valence-corrected chi connectivity index (χ4v) is 4.15. The molecule has 0 aromatic heterocycles. The van der Waals surface area contributed by atoms with E-state index in [0.717, 1.165) is 25.3 Å². The molecule has 0 atom stereocenters. The third-order valence-corrected chi connectivity index (χ3v) is 5.95. The number of amides is 2. The van der Waals surface area contributed by atoms with Crippen molar-refractivity contribution in [2.45, 2.75) is 6.42 Å². The molecule has 33 heavy (non-hydrogen) atoms. The van der Waals surface area contributed by atoms with Crippen LogP contribution >= 0.6 is 0 Å². The van der Waals surface area contributed by atoms with Crippen molar-refractivity contribution in [3.63, 3.8) is 0 Å². The first-order valence-electron chi connectivity index (χ1n) is 10.9. The number of likely N-dealkylation sites (N-methyl/N-ethyl adjacent to an activating group) is 1. The summed E-state index contributed by atoms with van der Waals surface area (Å²) < 4.78 is 5.37. The number of anilines is 1. The quantitative estimate of drug-likeness (QED) is 0.346. The maximum absolute atomic E-state index is 13.4. The zero-order valence-corrected chi connectivity index (χ0v) is 18.5. The molecule has 4 rings (SSSR count). The van der Waals surface area contributed by atoms with E-state index >= 15 is 0 Å². The Labute approximate surface area is 192 Å². The fraction of sp³-hybridized carbons (Fsp3) is 0.333. The van der Waals surface area contributed by atoms with Crippen molar-refractivity contribution < 1.29 is 19.2 Å². The molecule has 9 heteroatoms. The van der Waals surface area contributed by atoms with E-state index < -0.39 is 4.92 Å². The van der Waals surface area contributed by atoms with Crippen LogP contribution in [0.5, 0.6) is 0 Å². The third-order valence-electron chi connectivity index (χ3n) is 5.95. The van der Waals surface area contributed by atoms with E-state index in [1.165, 1.54) is 29.2 Å². The minimum atomic E-state index is -0.491. The molecule has 0 saturated carbocycles. The van der Waals surface area contributed by atoms with Gasteiger partial charge >= 0.3 is 0 Å². The average molecular weight is 450 g/mol. The number of non-ortho nitro benzene ring substituents is 1. The molecule has 0 bridgehead atoms. The van der Waals surface area contributed by atoms with Crippen LogP contribution in [0.3, 0.4) is 0 Å². The number of carbonyl (C=O) groups is 2. The lowest BCUT2D eigenvalue weighted by atomic mass is 10.0. The Balaban J connectivity index is 1.61. The Morgan fingerprint density at radius 2 is 1.64 bits per heavy atom. The molecule has 0 radical (unpaired) electrons. The predicted molar refractivity (Wildman–Crippen MR) is 123 cm³/mol. The molecular weight excluding hydrogens is 424 g/mol. The second-order valence-corrected chi connectivity index (χ2v) is 7.99. The van der Waals surface area contributed by atoms with Crippen LogP contribution in [0, 0.1) is 10.1 Å². The summed E-state index contributed by atoms with van der Waals surface area (Å²) in [4.78, 5) is 42.7. The molecular formula is C24H26N4O5. The number of nitrogens with zero attached hydrogens (tertiary/aromatic N) is 4. The molecule has 172 valence electrons. The molecule has 1 saturated heterocycles. The van der Waals surface area contributed by atoms with Crippen LogP contribution in [0.25, 0.3) is 5.57 Å². The van der Waals surface area contributed by atoms with Gasteiger partial charge in [0.25, 0.3) is 17.5 Å². The number of morpholine rings is 1. The Morgan fingerprint density at radius 3 is 2.27 bits per heavy atom. The molecule has 2 amide bonds. The molecule has 2 aromatic rings. The van der Waals surface area contributed by atoms with E-state index in [2.05, 4.69) is 4.90 Å². The summed E-state index contributed by atoms with van der Waals surface area (Å²) in [5.41, 5.74) is 1.70. The summed E-state index contributed by atoms with van der Waals surface area (Å²) in [7, 11) is 1.75. The van der Waals surface area contributed by atoms with Crippen LogP contribution in [0.15, 0.2) is 60.3 Å². The lowest BCUT2D eigenvalue weighted by Crippen LogP contribution is -2.40. The van der Waals surface area contributed by atoms with Gasteiger partial charge in [0.05, 0.1) is 23.7 Å². The maximum Gasteiger partial charge on any atom is 0.278 e. The van der Waals surface area contributed by atoms with Gasteiger partial charge in [0.2, 0.25) is 0 Å². The van der Waals surface area contributed by atoms with Gasteiger partial charge in [-0.25, -0.2) is 0 Å². The lowest BCUT2D eigenvalue weighted by Gasteiger charge is -2.27. The second-order valence-electron chi connectivity index (χ2n) is 7.99. The predicted octanol–water partition coefficient (Wildman–Crippen LogP) is 2.53. The maximum atomic E-state index is 13.4. The van der Waals surface area contributed by atoms with Crippen LogP contribution in [0.1, 0.15) is 12.0 Å². The standard InChI is InChI=1S/C24H26N4O5/c1-25(19-6-3-2-4-7-19)22-21(18-8-10-20(11-9-18)28(31)32)23(29)27(24(22)30)13-5-12-26-14-16-33-17-15-26/h2-4,6-11H,5,12-17H2,1H3. The Hall–Kier alpha value is -3.56. The average Bonchev–Trinajstić information content (AvgIpc) is 3.09. The van der Waals surface area contributed by atoms with Gasteiger partial charge in [-0.1, -0.05) is 18.2 Å². The highest BCUT2D eigenvalue weighted by Crippen LogP contribution is 2.34. The first kappa shape index (κ1) is 22.6. The second kappa shape index (κ2) is 9.93. The van der Waals surface area contributed by atoms with Crippen molar-refractivity contribution >= 4 is 28.8 Å². The van der Waals surface area contributed by atoms with E-state index in [9.17, 15) is 19.7 Å². The van der Waals surface area contributed by atoms with Crippen LogP contribution in [-0.2, 0) is 14.3 Å². The topological polar surface area (TPSA) is 96.2 Å². The molecule has 9 nitrogen and oxygen atoms in total. The lowest BCUT2D eigenvalue weighted by molar-refractivity contribution is -0.384. The molecule has 1 fully saturated rings. The number of rotatable bonds is 8. The monoisotopic (exact) mass is 450 g/mol. The molecule has 0 N–H and O–H groups in total. The Morgan fingerprint density at radius 1 is 0.970 bits per heavy atom. The summed E-state index contributed by atoms with van der Waals surface area (Å²) >= 11 is 0. The summed E-state index contributed by atoms with van der Waals surface area (Å²) in [5.74, 6) is -0.740. The van der Waals surface area contributed by atoms with Crippen LogP contribution < -0.4 is 4.90 Å². The molecule has 2 aromatic carbocycles. The third kappa shape index (κ3) is 4.79. The smallest absolute Gasteiger partial charge is 0.278 e. The largest absolute Gasteiger partial charge is 0.379 e.